The van der Waals surface area contributed by atoms with Crippen molar-refractivity contribution in [1.29, 1.82) is 0 Å². The van der Waals surface area contributed by atoms with E-state index in [1.54, 1.807) is 7.11 Å². The molecule has 0 saturated carbocycles. The fraction of sp³-hybridized carbons (Fsp3) is 0.0870. The number of benzene rings is 3. The van der Waals surface area contributed by atoms with Crippen LogP contribution in [-0.4, -0.2) is 19.1 Å². The lowest BCUT2D eigenvalue weighted by molar-refractivity contribution is 0.415. The number of para-hydroxylation sites is 1. The molecule has 0 aliphatic heterocycles. The maximum atomic E-state index is 6.00. The first-order valence-electron chi connectivity index (χ1n) is 9.01. The van der Waals surface area contributed by atoms with Gasteiger partial charge in [-0.05, 0) is 48.5 Å². The van der Waals surface area contributed by atoms with E-state index < -0.39 is 0 Å². The van der Waals surface area contributed by atoms with Crippen molar-refractivity contribution >= 4 is 27.8 Å². The monoisotopic (exact) mass is 370 g/mol. The molecule has 5 rings (SSSR count). The molecule has 5 nitrogen and oxygen atoms in total. The van der Waals surface area contributed by atoms with Gasteiger partial charge >= 0.3 is 0 Å². The molecule has 3 aromatic carbocycles. The van der Waals surface area contributed by atoms with Gasteiger partial charge in [0.05, 0.1) is 12.7 Å². The number of ether oxygens (including phenoxy) is 1. The second kappa shape index (κ2) is 6.46. The quantitative estimate of drug-likeness (QED) is 0.423. The van der Waals surface area contributed by atoms with Crippen molar-refractivity contribution in [3.05, 3.63) is 66.7 Å². The molecule has 0 spiro atoms. The van der Waals surface area contributed by atoms with Gasteiger partial charge in [-0.2, -0.15) is 0 Å². The van der Waals surface area contributed by atoms with Gasteiger partial charge in [0.1, 0.15) is 22.6 Å². The number of nitrogens with zero attached hydrogens (tertiary/aromatic N) is 1. The first-order chi connectivity index (χ1) is 13.7. The van der Waals surface area contributed by atoms with Gasteiger partial charge in [-0.25, -0.2) is 4.98 Å². The Bertz CT molecular complexity index is 1270. The van der Waals surface area contributed by atoms with Crippen molar-refractivity contribution in [3.8, 4) is 28.5 Å². The number of hydrogen-bond acceptors (Lipinski definition) is 5. The molecular weight excluding hydrogens is 352 g/mol. The Morgan fingerprint density at radius 3 is 2.61 bits per heavy atom. The summed E-state index contributed by atoms with van der Waals surface area (Å²) in [5.74, 6) is 2.04. The lowest BCUT2D eigenvalue weighted by Gasteiger charge is -2.07. The summed E-state index contributed by atoms with van der Waals surface area (Å²) in [4.78, 5) is 4.69. The summed E-state index contributed by atoms with van der Waals surface area (Å²) < 4.78 is 17.5. The third-order valence-corrected chi connectivity index (χ3v) is 4.82. The zero-order valence-electron chi connectivity index (χ0n) is 15.5. The minimum atomic E-state index is 0.519. The summed E-state index contributed by atoms with van der Waals surface area (Å²) >= 11 is 0. The molecule has 0 aliphatic carbocycles. The number of oxazole rings is 1. The Balaban J connectivity index is 1.61. The summed E-state index contributed by atoms with van der Waals surface area (Å²) in [6.45, 7) is 0. The van der Waals surface area contributed by atoms with Crippen LogP contribution in [0, 0.1) is 0 Å². The Labute approximate surface area is 161 Å². The average molecular weight is 370 g/mol. The molecule has 0 unspecified atom stereocenters. The molecule has 0 atom stereocenters. The molecule has 5 heteroatoms. The summed E-state index contributed by atoms with van der Waals surface area (Å²) in [5, 5.41) is 4.20. The highest BCUT2D eigenvalue weighted by molar-refractivity contribution is 5.86. The highest BCUT2D eigenvalue weighted by Gasteiger charge is 2.15. The minimum Gasteiger partial charge on any atom is -0.496 e. The summed E-state index contributed by atoms with van der Waals surface area (Å²) in [6.07, 6.45) is 0. The van der Waals surface area contributed by atoms with Gasteiger partial charge in [-0.15, -0.1) is 0 Å². The van der Waals surface area contributed by atoms with E-state index in [0.717, 1.165) is 39.1 Å². The smallest absolute Gasteiger partial charge is 0.231 e. The molecule has 138 valence electrons. The number of fused-ring (bicyclic) bond motifs is 2. The van der Waals surface area contributed by atoms with Crippen molar-refractivity contribution in [3.63, 3.8) is 0 Å². The van der Waals surface area contributed by atoms with Crippen LogP contribution in [0.25, 0.3) is 44.8 Å². The van der Waals surface area contributed by atoms with Gasteiger partial charge in [0.25, 0.3) is 0 Å². The normalized spacial score (nSPS) is 11.2. The van der Waals surface area contributed by atoms with Crippen LogP contribution in [0.2, 0.25) is 0 Å². The Morgan fingerprint density at radius 1 is 0.893 bits per heavy atom. The number of furan rings is 1. The van der Waals surface area contributed by atoms with Crippen LogP contribution >= 0.6 is 0 Å². The van der Waals surface area contributed by atoms with E-state index >= 15 is 0 Å². The van der Waals surface area contributed by atoms with Gasteiger partial charge in [-0.3, -0.25) is 0 Å². The van der Waals surface area contributed by atoms with E-state index in [0.29, 0.717) is 17.2 Å². The minimum absolute atomic E-state index is 0.519. The van der Waals surface area contributed by atoms with Crippen LogP contribution in [0.15, 0.2) is 75.6 Å². The average Bonchev–Trinajstić information content (AvgIpc) is 3.36. The summed E-state index contributed by atoms with van der Waals surface area (Å²) in [7, 11) is 3.51. The topological polar surface area (TPSA) is 60.4 Å². The first kappa shape index (κ1) is 16.4. The van der Waals surface area contributed by atoms with Crippen LogP contribution < -0.4 is 10.1 Å². The van der Waals surface area contributed by atoms with Gasteiger partial charge in [0, 0.05) is 23.7 Å². The molecule has 2 heterocycles. The van der Waals surface area contributed by atoms with Crippen LogP contribution in [0.4, 0.5) is 5.69 Å². The van der Waals surface area contributed by atoms with Crippen LogP contribution in [-0.2, 0) is 0 Å². The summed E-state index contributed by atoms with van der Waals surface area (Å²) in [5.41, 5.74) is 5.07. The molecule has 2 aromatic heterocycles. The number of rotatable bonds is 4. The fourth-order valence-corrected chi connectivity index (χ4v) is 3.35. The molecule has 0 saturated heterocycles. The maximum Gasteiger partial charge on any atom is 0.231 e. The zero-order valence-corrected chi connectivity index (χ0v) is 15.5. The molecule has 28 heavy (non-hydrogen) atoms. The fourth-order valence-electron chi connectivity index (χ4n) is 3.35. The molecule has 0 amide bonds. The first-order valence-corrected chi connectivity index (χ1v) is 9.01. The van der Waals surface area contributed by atoms with E-state index in [2.05, 4.69) is 5.32 Å². The standard InChI is InChI=1S/C23H18N2O3/c1-24-16-8-10-20(26-2)17(13-16)23-25-18-11-15(7-9-21(18)28-23)22-12-14-5-3-4-6-19(14)27-22/h3-13,24H,1-2H3. The number of nitrogens with one attached hydrogen (secondary N) is 1. The van der Waals surface area contributed by atoms with E-state index in [-0.39, 0.29) is 0 Å². The van der Waals surface area contributed by atoms with E-state index in [4.69, 9.17) is 18.6 Å². The van der Waals surface area contributed by atoms with Crippen LogP contribution in [0.1, 0.15) is 0 Å². The highest BCUT2D eigenvalue weighted by atomic mass is 16.5. The third kappa shape index (κ3) is 2.68. The number of methoxy groups -OCH3 is 1. The van der Waals surface area contributed by atoms with Crippen LogP contribution in [0.3, 0.4) is 0 Å². The number of aromatic nitrogens is 1. The second-order valence-electron chi connectivity index (χ2n) is 6.52. The van der Waals surface area contributed by atoms with E-state index in [1.807, 2.05) is 73.8 Å². The van der Waals surface area contributed by atoms with Crippen molar-refractivity contribution < 1.29 is 13.6 Å². The second-order valence-corrected chi connectivity index (χ2v) is 6.52. The maximum absolute atomic E-state index is 6.00. The molecule has 0 aliphatic rings. The number of anilines is 1. The lowest BCUT2D eigenvalue weighted by atomic mass is 10.1. The SMILES string of the molecule is CNc1ccc(OC)c(-c2nc3cc(-c4cc5ccccc5o4)ccc3o2)c1. The Kier molecular flexibility index (Phi) is 3.79. The van der Waals surface area contributed by atoms with Gasteiger partial charge in [-0.1, -0.05) is 18.2 Å². The zero-order chi connectivity index (χ0) is 19.1. The molecule has 0 bridgehead atoms. The lowest BCUT2D eigenvalue weighted by Crippen LogP contribution is -1.92. The van der Waals surface area contributed by atoms with E-state index in [1.165, 1.54) is 0 Å². The van der Waals surface area contributed by atoms with Crippen molar-refractivity contribution in [2.75, 3.05) is 19.5 Å². The summed E-state index contributed by atoms with van der Waals surface area (Å²) in [6, 6.07) is 21.7. The number of hydrogen-bond donors (Lipinski definition) is 1. The third-order valence-electron chi connectivity index (χ3n) is 4.82. The molecular formula is C23H18N2O3. The molecule has 1 N–H and O–H groups in total. The highest BCUT2D eigenvalue weighted by Crippen LogP contribution is 2.35. The van der Waals surface area contributed by atoms with E-state index in [9.17, 15) is 0 Å². The Morgan fingerprint density at radius 2 is 1.79 bits per heavy atom. The predicted molar refractivity (Wildman–Crippen MR) is 111 cm³/mol. The van der Waals surface area contributed by atoms with Crippen molar-refractivity contribution in [2.45, 2.75) is 0 Å². The van der Waals surface area contributed by atoms with Gasteiger partial charge in [0.15, 0.2) is 5.58 Å². The van der Waals surface area contributed by atoms with Gasteiger partial charge in [0.2, 0.25) is 5.89 Å². The molecule has 5 aromatic rings. The van der Waals surface area contributed by atoms with Crippen molar-refractivity contribution in [1.82, 2.24) is 4.98 Å². The van der Waals surface area contributed by atoms with Gasteiger partial charge < -0.3 is 18.9 Å². The predicted octanol–water partition coefficient (Wildman–Crippen LogP) is 5.96. The molecule has 0 radical (unpaired) electrons. The molecule has 0 fully saturated rings. The van der Waals surface area contributed by atoms with Crippen LogP contribution in [0.5, 0.6) is 5.75 Å². The van der Waals surface area contributed by atoms with Crippen molar-refractivity contribution in [2.24, 2.45) is 0 Å². The Hall–Kier alpha value is -3.73. The largest absolute Gasteiger partial charge is 0.496 e.